The number of halogens is 9. The van der Waals surface area contributed by atoms with E-state index in [9.17, 15) is 22.4 Å². The molecule has 0 unspecified atom stereocenters. The van der Waals surface area contributed by atoms with E-state index in [1.807, 2.05) is 0 Å². The molecule has 2 aromatic rings. The van der Waals surface area contributed by atoms with Gasteiger partial charge in [-0.2, -0.15) is 13.2 Å². The van der Waals surface area contributed by atoms with Crippen molar-refractivity contribution in [3.63, 3.8) is 0 Å². The zero-order valence-electron chi connectivity index (χ0n) is 16.5. The van der Waals surface area contributed by atoms with Crippen molar-refractivity contribution in [3.8, 4) is 0 Å². The molecule has 5 nitrogen and oxygen atoms in total. The highest BCUT2D eigenvalue weighted by Gasteiger charge is 2.62. The number of carbonyl (C=O) groups is 1. The molecule has 182 valence electrons. The number of anilines is 1. The fourth-order valence-electron chi connectivity index (χ4n) is 3.36. The van der Waals surface area contributed by atoms with Gasteiger partial charge in [0.05, 0.1) is 37.4 Å². The fraction of sp³-hybridized carbons (Fsp3) is 0.300. The molecule has 3 atom stereocenters. The van der Waals surface area contributed by atoms with Crippen LogP contribution in [0.2, 0.25) is 20.1 Å². The Hall–Kier alpha value is -1.65. The number of nitrogens with one attached hydrogen (secondary N) is 2. The van der Waals surface area contributed by atoms with E-state index in [0.717, 1.165) is 12.1 Å². The number of nitrogens with zero attached hydrogens (tertiary/aromatic N) is 1. The lowest BCUT2D eigenvalue weighted by Gasteiger charge is -2.30. The van der Waals surface area contributed by atoms with Crippen LogP contribution in [0.5, 0.6) is 0 Å². The summed E-state index contributed by atoms with van der Waals surface area (Å²) in [5.74, 6) is -1.73. The molecule has 0 saturated heterocycles. The summed E-state index contributed by atoms with van der Waals surface area (Å²) in [6.45, 7) is 0. The van der Waals surface area contributed by atoms with Gasteiger partial charge in [0.1, 0.15) is 0 Å². The average molecular weight is 580 g/mol. The van der Waals surface area contributed by atoms with Gasteiger partial charge in [0.2, 0.25) is 5.91 Å². The van der Waals surface area contributed by atoms with Crippen LogP contribution in [0.1, 0.15) is 24.0 Å². The van der Waals surface area contributed by atoms with Gasteiger partial charge in [0.25, 0.3) is 5.60 Å². The number of oxime groups is 1. The number of amides is 1. The zero-order valence-corrected chi connectivity index (χ0v) is 20.3. The van der Waals surface area contributed by atoms with E-state index in [1.54, 1.807) is 0 Å². The van der Waals surface area contributed by atoms with Crippen LogP contribution < -0.4 is 10.9 Å². The first-order valence-electron chi connectivity index (χ1n) is 9.45. The first kappa shape index (κ1) is 25.4. The number of hydrazine groups is 1. The highest BCUT2D eigenvalue weighted by molar-refractivity contribution is 6.48. The molecule has 1 heterocycles. The van der Waals surface area contributed by atoms with Crippen LogP contribution in [-0.2, 0) is 15.2 Å². The summed E-state index contributed by atoms with van der Waals surface area (Å²) in [6, 6.07) is 6.21. The second-order valence-electron chi connectivity index (χ2n) is 7.71. The van der Waals surface area contributed by atoms with Gasteiger partial charge in [0, 0.05) is 24.0 Å². The largest absolute Gasteiger partial charge is 0.435 e. The second kappa shape index (κ2) is 8.78. The van der Waals surface area contributed by atoms with Gasteiger partial charge in [-0.25, -0.2) is 4.39 Å². The third-order valence-electron chi connectivity index (χ3n) is 5.40. The summed E-state index contributed by atoms with van der Waals surface area (Å²) in [5, 5.41) is 1.25. The Balaban J connectivity index is 1.59. The van der Waals surface area contributed by atoms with Gasteiger partial charge in [-0.05, 0) is 24.3 Å². The Bertz CT molecular complexity index is 1180. The molecule has 0 bridgehead atoms. The van der Waals surface area contributed by atoms with Crippen LogP contribution in [0.25, 0.3) is 0 Å². The molecule has 0 radical (unpaired) electrons. The number of hydrogen-bond donors (Lipinski definition) is 2. The Morgan fingerprint density at radius 3 is 2.26 bits per heavy atom. The Morgan fingerprint density at radius 1 is 1.09 bits per heavy atom. The predicted molar refractivity (Wildman–Crippen MR) is 122 cm³/mol. The minimum Gasteiger partial charge on any atom is -0.374 e. The van der Waals surface area contributed by atoms with Gasteiger partial charge in [-0.3, -0.25) is 15.6 Å². The summed E-state index contributed by atoms with van der Waals surface area (Å²) in [4.78, 5) is 16.9. The van der Waals surface area contributed by atoms with Crippen molar-refractivity contribution >= 4 is 75.3 Å². The Labute approximate surface area is 215 Å². The first-order valence-corrected chi connectivity index (χ1v) is 11.3. The average Bonchev–Trinajstić information content (AvgIpc) is 3.17. The molecule has 34 heavy (non-hydrogen) atoms. The molecule has 0 aromatic heterocycles. The molecule has 2 aromatic carbocycles. The number of hydrogen-bond acceptors (Lipinski definition) is 4. The maximum Gasteiger partial charge on any atom is 0.435 e. The monoisotopic (exact) mass is 577 g/mol. The molecule has 2 aliphatic rings. The van der Waals surface area contributed by atoms with E-state index in [4.69, 9.17) is 62.8 Å². The molecule has 1 amide bonds. The van der Waals surface area contributed by atoms with Crippen molar-refractivity contribution in [1.29, 1.82) is 0 Å². The van der Waals surface area contributed by atoms with E-state index in [2.05, 4.69) is 16.0 Å². The summed E-state index contributed by atoms with van der Waals surface area (Å²) < 4.78 is 56.1. The van der Waals surface area contributed by atoms with Crippen LogP contribution in [0.15, 0.2) is 35.5 Å². The van der Waals surface area contributed by atoms with Gasteiger partial charge in [0.15, 0.2) is 5.13 Å². The van der Waals surface area contributed by atoms with E-state index in [1.165, 1.54) is 18.2 Å². The van der Waals surface area contributed by atoms with Crippen molar-refractivity contribution in [2.75, 3.05) is 5.43 Å². The maximum absolute atomic E-state index is 14.2. The third kappa shape index (κ3) is 4.60. The van der Waals surface area contributed by atoms with Gasteiger partial charge < -0.3 is 4.84 Å². The van der Waals surface area contributed by atoms with Gasteiger partial charge in [-0.15, -0.1) is 0 Å². The third-order valence-corrected chi connectivity index (χ3v) is 7.34. The number of alkyl halides is 5. The maximum atomic E-state index is 14.2. The van der Waals surface area contributed by atoms with E-state index in [0.29, 0.717) is 0 Å². The molecule has 2 N–H and O–H groups in total. The molecule has 14 heteroatoms. The smallest absolute Gasteiger partial charge is 0.374 e. The van der Waals surface area contributed by atoms with Crippen molar-refractivity contribution in [2.45, 2.75) is 29.7 Å². The molecule has 1 aliphatic heterocycles. The standard InChI is InChI=1S/C20H12Cl5F4N3O2/c21-11-2-1-8(3-14(11)30-31-17(33)10-6-19(10,25)26)15-7-18(34-32-15,20(27,28)29)9-4-12(22)16(24)13(23)5-9/h1-5,10,30H,6-7H2,(H,31,33)/t10-,18+,19-/m0/s1. The number of carbonyl (C=O) groups excluding carboxylic acids is 1. The normalized spacial score (nSPS) is 26.0. The van der Waals surface area contributed by atoms with E-state index < -0.39 is 35.2 Å². The lowest BCUT2D eigenvalue weighted by Crippen LogP contribution is -2.42. The Kier molecular flexibility index (Phi) is 6.57. The summed E-state index contributed by atoms with van der Waals surface area (Å²) in [7, 11) is 0. The van der Waals surface area contributed by atoms with E-state index in [-0.39, 0.29) is 49.0 Å². The second-order valence-corrected chi connectivity index (χ2v) is 9.94. The lowest BCUT2D eigenvalue weighted by molar-refractivity contribution is -0.275. The quantitative estimate of drug-likeness (QED) is 0.170. The lowest BCUT2D eigenvalue weighted by atomic mass is 9.86. The van der Waals surface area contributed by atoms with Crippen LogP contribution in [0.4, 0.5) is 23.2 Å². The van der Waals surface area contributed by atoms with Crippen LogP contribution in [0.3, 0.4) is 0 Å². The molecular formula is C20H12Cl5F4N3O2. The van der Waals surface area contributed by atoms with E-state index >= 15 is 0 Å². The van der Waals surface area contributed by atoms with Crippen LogP contribution in [-0.4, -0.2) is 22.9 Å². The first-order chi connectivity index (χ1) is 15.7. The predicted octanol–water partition coefficient (Wildman–Crippen LogP) is 7.25. The van der Waals surface area contributed by atoms with Crippen molar-refractivity contribution in [3.05, 3.63) is 61.5 Å². The minimum atomic E-state index is -4.90. The highest BCUT2D eigenvalue weighted by atomic mass is 35.5. The van der Waals surface area contributed by atoms with Crippen molar-refractivity contribution in [1.82, 2.24) is 5.43 Å². The van der Waals surface area contributed by atoms with Crippen molar-refractivity contribution in [2.24, 2.45) is 11.1 Å². The van der Waals surface area contributed by atoms with Crippen molar-refractivity contribution < 1.29 is 27.2 Å². The zero-order chi connectivity index (χ0) is 25.1. The van der Waals surface area contributed by atoms with Gasteiger partial charge in [-0.1, -0.05) is 69.2 Å². The number of rotatable bonds is 5. The van der Waals surface area contributed by atoms with Crippen LogP contribution >= 0.6 is 58.0 Å². The summed E-state index contributed by atoms with van der Waals surface area (Å²) in [6.07, 6.45) is -5.75. The summed E-state index contributed by atoms with van der Waals surface area (Å²) >= 11 is 29.3. The van der Waals surface area contributed by atoms with Gasteiger partial charge >= 0.3 is 6.18 Å². The molecule has 1 saturated carbocycles. The molecule has 1 aliphatic carbocycles. The highest BCUT2D eigenvalue weighted by Crippen LogP contribution is 2.52. The molecular weight excluding hydrogens is 567 g/mol. The molecule has 4 rings (SSSR count). The number of benzene rings is 2. The van der Waals surface area contributed by atoms with Crippen LogP contribution in [0, 0.1) is 5.92 Å². The molecule has 0 spiro atoms. The SMILES string of the molecule is O=C(NNc1cc(C2=NO[C@](c3cc(Cl)c(Cl)c(Cl)c3)(C(F)(F)F)C2)ccc1Cl)[C@@H]1C[C@@]1(F)Cl. The fourth-order valence-corrected chi connectivity index (χ4v) is 4.38. The Morgan fingerprint density at radius 2 is 1.71 bits per heavy atom. The summed E-state index contributed by atoms with van der Waals surface area (Å²) in [5.41, 5.74) is 1.85. The molecule has 1 fully saturated rings. The topological polar surface area (TPSA) is 62.7 Å². The minimum absolute atomic E-state index is 0.0590.